The Morgan fingerprint density at radius 1 is 1.24 bits per heavy atom. The number of ether oxygens (including phenoxy) is 1. The molecule has 0 radical (unpaired) electrons. The van der Waals surface area contributed by atoms with Gasteiger partial charge in [-0.15, -0.1) is 0 Å². The highest BCUT2D eigenvalue weighted by molar-refractivity contribution is 6.00. The highest BCUT2D eigenvalue weighted by Crippen LogP contribution is 2.25. The smallest absolute Gasteiger partial charge is 0.163 e. The van der Waals surface area contributed by atoms with E-state index in [0.29, 0.717) is 0 Å². The number of Topliss-reactive ketones (excluding diaryl/α,β-unsaturated/α-hetero) is 1. The normalized spacial score (nSPS) is 23.5. The minimum absolute atomic E-state index is 0.0112. The second-order valence-electron chi connectivity index (χ2n) is 4.40. The Balaban J connectivity index is 2.08. The van der Waals surface area contributed by atoms with Gasteiger partial charge in [-0.1, -0.05) is 13.0 Å². The Kier molecular flexibility index (Phi) is 3.18. The van der Waals surface area contributed by atoms with Crippen molar-refractivity contribution in [3.05, 3.63) is 35.9 Å². The fraction of sp³-hybridized carbons (Fsp3) is 0.357. The molecule has 90 valence electrons. The third-order valence-corrected chi connectivity index (χ3v) is 3.19. The van der Waals surface area contributed by atoms with Gasteiger partial charge in [0.05, 0.1) is 13.2 Å². The summed E-state index contributed by atoms with van der Waals surface area (Å²) >= 11 is 0. The van der Waals surface area contributed by atoms with E-state index in [-0.39, 0.29) is 17.7 Å². The van der Waals surface area contributed by atoms with E-state index in [0.717, 1.165) is 17.0 Å². The number of rotatable bonds is 3. The summed E-state index contributed by atoms with van der Waals surface area (Å²) in [5.41, 5.74) is 1.85. The van der Waals surface area contributed by atoms with Gasteiger partial charge in [0.25, 0.3) is 0 Å². The number of methoxy groups -OCH3 is 1. The van der Waals surface area contributed by atoms with E-state index in [1.807, 2.05) is 44.2 Å². The Bertz CT molecular complexity index is 448. The molecule has 0 bridgehead atoms. The van der Waals surface area contributed by atoms with Crippen molar-refractivity contribution in [2.45, 2.75) is 19.9 Å². The monoisotopic (exact) mass is 231 g/mol. The van der Waals surface area contributed by atoms with Gasteiger partial charge in [0.2, 0.25) is 0 Å². The highest BCUT2D eigenvalue weighted by atomic mass is 16.5. The first kappa shape index (κ1) is 11.7. The molecule has 0 fully saturated rings. The summed E-state index contributed by atoms with van der Waals surface area (Å²) < 4.78 is 5.10. The molecule has 0 spiro atoms. The number of carbonyl (C=O) groups is 1. The molecule has 3 heteroatoms. The maximum atomic E-state index is 11.7. The first-order valence-electron chi connectivity index (χ1n) is 5.75. The number of hydrogen-bond donors (Lipinski definition) is 1. The second-order valence-corrected chi connectivity index (χ2v) is 4.40. The summed E-state index contributed by atoms with van der Waals surface area (Å²) in [6.07, 6.45) is 2.00. The van der Waals surface area contributed by atoms with Gasteiger partial charge in [-0.05, 0) is 36.8 Å². The van der Waals surface area contributed by atoms with Gasteiger partial charge in [-0.25, -0.2) is 0 Å². The quantitative estimate of drug-likeness (QED) is 0.869. The van der Waals surface area contributed by atoms with E-state index in [1.165, 1.54) is 0 Å². The summed E-state index contributed by atoms with van der Waals surface area (Å²) in [5, 5.41) is 3.35. The average molecular weight is 231 g/mol. The molecule has 0 unspecified atom stereocenters. The number of anilines is 1. The lowest BCUT2D eigenvalue weighted by molar-refractivity contribution is -0.117. The summed E-state index contributed by atoms with van der Waals surface area (Å²) in [6.45, 7) is 3.82. The number of allylic oxidation sites excluding steroid dienone is 1. The zero-order valence-corrected chi connectivity index (χ0v) is 10.4. The molecule has 0 aromatic heterocycles. The lowest BCUT2D eigenvalue weighted by Gasteiger charge is -2.17. The van der Waals surface area contributed by atoms with Gasteiger partial charge in [-0.3, -0.25) is 4.79 Å². The lowest BCUT2D eigenvalue weighted by Crippen LogP contribution is -2.25. The summed E-state index contributed by atoms with van der Waals surface area (Å²) in [4.78, 5) is 11.7. The van der Waals surface area contributed by atoms with Gasteiger partial charge in [0.15, 0.2) is 5.78 Å². The van der Waals surface area contributed by atoms with Crippen LogP contribution < -0.4 is 10.1 Å². The van der Waals surface area contributed by atoms with Crippen molar-refractivity contribution in [2.75, 3.05) is 12.4 Å². The summed E-state index contributed by atoms with van der Waals surface area (Å²) in [6, 6.07) is 7.81. The molecule has 1 aliphatic rings. The number of hydrogen-bond acceptors (Lipinski definition) is 3. The first-order valence-corrected chi connectivity index (χ1v) is 5.75. The molecule has 2 atom stereocenters. The molecule has 1 aromatic rings. The highest BCUT2D eigenvalue weighted by Gasteiger charge is 2.29. The van der Waals surface area contributed by atoms with Gasteiger partial charge >= 0.3 is 0 Å². The predicted octanol–water partition coefficient (Wildman–Crippen LogP) is 2.64. The molecule has 0 heterocycles. The van der Waals surface area contributed by atoms with Crippen LogP contribution in [0, 0.1) is 5.92 Å². The molecule has 2 rings (SSSR count). The molecule has 1 N–H and O–H groups in total. The van der Waals surface area contributed by atoms with Crippen LogP contribution in [0.3, 0.4) is 0 Å². The molecule has 1 aromatic carbocycles. The molecular formula is C14H17NO2. The molecule has 1 aliphatic carbocycles. The molecule has 0 saturated heterocycles. The van der Waals surface area contributed by atoms with Crippen LogP contribution in [0.25, 0.3) is 0 Å². The maximum absolute atomic E-state index is 11.7. The number of nitrogens with one attached hydrogen (secondary N) is 1. The zero-order chi connectivity index (χ0) is 12.4. The van der Waals surface area contributed by atoms with E-state index in [4.69, 9.17) is 4.74 Å². The lowest BCUT2D eigenvalue weighted by atomic mass is 10.0. The van der Waals surface area contributed by atoms with E-state index < -0.39 is 0 Å². The fourth-order valence-corrected chi connectivity index (χ4v) is 2.06. The van der Waals surface area contributed by atoms with E-state index >= 15 is 0 Å². The summed E-state index contributed by atoms with van der Waals surface area (Å²) in [7, 11) is 1.65. The van der Waals surface area contributed by atoms with Crippen molar-refractivity contribution in [3.8, 4) is 5.75 Å². The molecule has 17 heavy (non-hydrogen) atoms. The minimum atomic E-state index is 0.0112. The Morgan fingerprint density at radius 3 is 2.35 bits per heavy atom. The fourth-order valence-electron chi connectivity index (χ4n) is 2.06. The largest absolute Gasteiger partial charge is 0.497 e. The minimum Gasteiger partial charge on any atom is -0.497 e. The zero-order valence-electron chi connectivity index (χ0n) is 10.4. The van der Waals surface area contributed by atoms with Crippen LogP contribution in [0.1, 0.15) is 13.8 Å². The molecular weight excluding hydrogens is 214 g/mol. The van der Waals surface area contributed by atoms with Crippen LogP contribution in [0.15, 0.2) is 35.9 Å². The van der Waals surface area contributed by atoms with E-state index in [9.17, 15) is 4.79 Å². The van der Waals surface area contributed by atoms with E-state index in [2.05, 4.69) is 5.32 Å². The van der Waals surface area contributed by atoms with Crippen LogP contribution in [-0.4, -0.2) is 18.9 Å². The van der Waals surface area contributed by atoms with Crippen molar-refractivity contribution in [3.63, 3.8) is 0 Å². The van der Waals surface area contributed by atoms with E-state index in [1.54, 1.807) is 7.11 Å². The van der Waals surface area contributed by atoms with Gasteiger partial charge in [0, 0.05) is 11.6 Å². The number of benzene rings is 1. The van der Waals surface area contributed by atoms with Crippen LogP contribution >= 0.6 is 0 Å². The second kappa shape index (κ2) is 4.62. The van der Waals surface area contributed by atoms with Crippen molar-refractivity contribution < 1.29 is 9.53 Å². The maximum Gasteiger partial charge on any atom is 0.163 e. The topological polar surface area (TPSA) is 38.3 Å². The molecule has 0 saturated carbocycles. The standard InChI is InChI=1S/C14H17NO2/c1-9-8-13(10(2)14(9)16)15-11-4-6-12(17-3)7-5-11/h4-8,10,13,15H,1-3H3/t10-,13+/m0/s1. The van der Waals surface area contributed by atoms with Crippen LogP contribution in [0.5, 0.6) is 5.75 Å². The SMILES string of the molecule is COc1ccc(N[C@@H]2C=C(C)C(=O)[C@H]2C)cc1. The van der Waals surface area contributed by atoms with Gasteiger partial charge in [-0.2, -0.15) is 0 Å². The first-order chi connectivity index (χ1) is 8.11. The third-order valence-electron chi connectivity index (χ3n) is 3.19. The molecule has 0 aliphatic heterocycles. The third kappa shape index (κ3) is 2.33. The van der Waals surface area contributed by atoms with Gasteiger partial charge < -0.3 is 10.1 Å². The average Bonchev–Trinajstić information content (AvgIpc) is 2.58. The van der Waals surface area contributed by atoms with Crippen molar-refractivity contribution in [2.24, 2.45) is 5.92 Å². The molecule has 0 amide bonds. The Labute approximate surface area is 101 Å². The van der Waals surface area contributed by atoms with Gasteiger partial charge in [0.1, 0.15) is 5.75 Å². The van der Waals surface area contributed by atoms with Crippen molar-refractivity contribution in [1.82, 2.24) is 0 Å². The van der Waals surface area contributed by atoms with Crippen LogP contribution in [0.2, 0.25) is 0 Å². The molecule has 3 nitrogen and oxygen atoms in total. The van der Waals surface area contributed by atoms with Crippen LogP contribution in [0.4, 0.5) is 5.69 Å². The number of carbonyl (C=O) groups excluding carboxylic acids is 1. The number of ketones is 1. The Morgan fingerprint density at radius 2 is 1.88 bits per heavy atom. The Hall–Kier alpha value is -1.77. The summed E-state index contributed by atoms with van der Waals surface area (Å²) in [5.74, 6) is 1.07. The van der Waals surface area contributed by atoms with Crippen molar-refractivity contribution in [1.29, 1.82) is 0 Å². The van der Waals surface area contributed by atoms with Crippen molar-refractivity contribution >= 4 is 11.5 Å². The van der Waals surface area contributed by atoms with Crippen LogP contribution in [-0.2, 0) is 4.79 Å². The predicted molar refractivity (Wildman–Crippen MR) is 68.3 cm³/mol.